The van der Waals surface area contributed by atoms with Gasteiger partial charge in [0, 0.05) is 25.2 Å². The van der Waals surface area contributed by atoms with E-state index in [1.807, 2.05) is 59.5 Å². The molecule has 1 aliphatic rings. The second kappa shape index (κ2) is 8.10. The molecule has 0 amide bonds. The second-order valence-corrected chi connectivity index (χ2v) is 6.37. The summed E-state index contributed by atoms with van der Waals surface area (Å²) in [4.78, 5) is 14.3. The highest BCUT2D eigenvalue weighted by Gasteiger charge is 2.17. The largest absolute Gasteiger partial charge is 0.488 e. The fourth-order valence-corrected chi connectivity index (χ4v) is 3.07. The molecule has 0 unspecified atom stereocenters. The van der Waals surface area contributed by atoms with Crippen molar-refractivity contribution in [1.29, 1.82) is 0 Å². The molecule has 5 heteroatoms. The average molecular weight is 363 g/mol. The van der Waals surface area contributed by atoms with E-state index in [0.717, 1.165) is 11.1 Å². The van der Waals surface area contributed by atoms with E-state index in [1.165, 1.54) is 12.1 Å². The summed E-state index contributed by atoms with van der Waals surface area (Å²) in [6.07, 6.45) is 0. The van der Waals surface area contributed by atoms with Crippen molar-refractivity contribution in [3.63, 3.8) is 0 Å². The molecule has 5 nitrogen and oxygen atoms in total. The summed E-state index contributed by atoms with van der Waals surface area (Å²) in [5.74, 6) is 1.76. The number of hydrogen-bond acceptors (Lipinski definition) is 5. The van der Waals surface area contributed by atoms with Crippen molar-refractivity contribution in [2.45, 2.75) is 6.61 Å². The number of para-hydroxylation sites is 1. The van der Waals surface area contributed by atoms with Crippen LogP contribution < -0.4 is 15.1 Å². The molecule has 0 N–H and O–H groups in total. The zero-order valence-corrected chi connectivity index (χ0v) is 15.0. The summed E-state index contributed by atoms with van der Waals surface area (Å²) in [7, 11) is 0. The van der Waals surface area contributed by atoms with Gasteiger partial charge >= 0.3 is 0 Å². The summed E-state index contributed by atoms with van der Waals surface area (Å²) in [6.45, 7) is 3.12. The lowest BCUT2D eigenvalue weighted by Crippen LogP contribution is -2.36. The van der Waals surface area contributed by atoms with Gasteiger partial charge in [-0.15, -0.1) is 0 Å². The quantitative estimate of drug-likeness (QED) is 0.691. The third-order valence-electron chi connectivity index (χ3n) is 4.47. The Labute approximate surface area is 157 Å². The first-order chi connectivity index (χ1) is 13.3. The summed E-state index contributed by atoms with van der Waals surface area (Å²) in [5, 5.41) is 0. The number of anilines is 1. The molecular weight excluding hydrogens is 342 g/mol. The third-order valence-corrected chi connectivity index (χ3v) is 4.47. The first kappa shape index (κ1) is 17.4. The molecule has 1 saturated heterocycles. The van der Waals surface area contributed by atoms with Gasteiger partial charge in [0.25, 0.3) is 0 Å². The van der Waals surface area contributed by atoms with Crippen molar-refractivity contribution in [3.05, 3.63) is 82.5 Å². The van der Waals surface area contributed by atoms with Crippen molar-refractivity contribution >= 4 is 5.88 Å². The van der Waals surface area contributed by atoms with Gasteiger partial charge in [-0.3, -0.25) is 4.79 Å². The van der Waals surface area contributed by atoms with Gasteiger partial charge in [-0.1, -0.05) is 42.5 Å². The van der Waals surface area contributed by atoms with E-state index >= 15 is 0 Å². The normalized spacial score (nSPS) is 14.1. The van der Waals surface area contributed by atoms with Gasteiger partial charge in [0.05, 0.1) is 18.8 Å². The van der Waals surface area contributed by atoms with E-state index in [4.69, 9.17) is 13.9 Å². The fraction of sp³-hybridized carbons (Fsp3) is 0.227. The molecule has 27 heavy (non-hydrogen) atoms. The molecule has 0 bridgehead atoms. The molecule has 2 heterocycles. The molecule has 0 radical (unpaired) electrons. The van der Waals surface area contributed by atoms with Crippen LogP contribution in [0.2, 0.25) is 0 Å². The van der Waals surface area contributed by atoms with Gasteiger partial charge in [-0.25, -0.2) is 0 Å². The van der Waals surface area contributed by atoms with Crippen LogP contribution in [0.5, 0.6) is 5.75 Å². The van der Waals surface area contributed by atoms with Gasteiger partial charge < -0.3 is 18.8 Å². The molecule has 1 aliphatic heterocycles. The Morgan fingerprint density at radius 1 is 0.926 bits per heavy atom. The minimum Gasteiger partial charge on any atom is -0.488 e. The summed E-state index contributed by atoms with van der Waals surface area (Å²) < 4.78 is 17.5. The van der Waals surface area contributed by atoms with Crippen LogP contribution in [-0.2, 0) is 11.3 Å². The van der Waals surface area contributed by atoms with Crippen molar-refractivity contribution in [3.8, 4) is 17.1 Å². The first-order valence-corrected chi connectivity index (χ1v) is 9.03. The lowest BCUT2D eigenvalue weighted by molar-refractivity contribution is 0.120. The molecule has 0 aliphatic carbocycles. The second-order valence-electron chi connectivity index (χ2n) is 6.37. The maximum atomic E-state index is 12.3. The Bertz CT molecular complexity index is 946. The number of morpholine rings is 1. The van der Waals surface area contributed by atoms with Crippen molar-refractivity contribution < 1.29 is 13.9 Å². The van der Waals surface area contributed by atoms with Gasteiger partial charge in [0.2, 0.25) is 0 Å². The maximum Gasteiger partial charge on any atom is 0.200 e. The Hall–Kier alpha value is -3.05. The number of hydrogen-bond donors (Lipinski definition) is 0. The predicted octanol–water partition coefficient (Wildman–Crippen LogP) is 3.72. The number of rotatable bonds is 5. The Morgan fingerprint density at radius 3 is 2.48 bits per heavy atom. The summed E-state index contributed by atoms with van der Waals surface area (Å²) >= 11 is 0. The molecule has 1 fully saturated rings. The molecule has 138 valence electrons. The Balaban J connectivity index is 1.63. The van der Waals surface area contributed by atoms with E-state index < -0.39 is 0 Å². The molecule has 4 rings (SSSR count). The highest BCUT2D eigenvalue weighted by atomic mass is 16.5. The average Bonchev–Trinajstić information content (AvgIpc) is 2.73. The van der Waals surface area contributed by atoms with Crippen molar-refractivity contribution in [2.24, 2.45) is 0 Å². The highest BCUT2D eigenvalue weighted by molar-refractivity contribution is 5.66. The topological polar surface area (TPSA) is 51.9 Å². The molecule has 1 aromatic heterocycles. The van der Waals surface area contributed by atoms with Crippen LogP contribution in [0, 0.1) is 0 Å². The zero-order valence-electron chi connectivity index (χ0n) is 15.0. The van der Waals surface area contributed by atoms with Gasteiger partial charge in [0.1, 0.15) is 18.1 Å². The van der Waals surface area contributed by atoms with Gasteiger partial charge in [-0.2, -0.15) is 0 Å². The van der Waals surface area contributed by atoms with E-state index in [9.17, 15) is 4.79 Å². The molecule has 3 aromatic rings. The Morgan fingerprint density at radius 2 is 1.67 bits per heavy atom. The van der Waals surface area contributed by atoms with Crippen LogP contribution >= 0.6 is 0 Å². The van der Waals surface area contributed by atoms with Gasteiger partial charge in [0.15, 0.2) is 11.3 Å². The standard InChI is InChI=1S/C22H21NO4/c24-18-14-21(27-22(15-18)23-10-12-25-13-11-23)19-8-4-5-9-20(19)26-16-17-6-2-1-3-7-17/h1-9,14-15H,10-13,16H2. The summed E-state index contributed by atoms with van der Waals surface area (Å²) in [5.41, 5.74) is 1.76. The minimum atomic E-state index is -0.0874. The summed E-state index contributed by atoms with van der Waals surface area (Å²) in [6, 6.07) is 20.6. The predicted molar refractivity (Wildman–Crippen MR) is 104 cm³/mol. The third kappa shape index (κ3) is 4.20. The van der Waals surface area contributed by atoms with E-state index in [1.54, 1.807) is 0 Å². The van der Waals surface area contributed by atoms with E-state index in [2.05, 4.69) is 0 Å². The highest BCUT2D eigenvalue weighted by Crippen LogP contribution is 2.31. The van der Waals surface area contributed by atoms with E-state index in [-0.39, 0.29) is 5.43 Å². The number of benzene rings is 2. The monoisotopic (exact) mass is 363 g/mol. The molecule has 0 saturated carbocycles. The van der Waals surface area contributed by atoms with Crippen molar-refractivity contribution in [1.82, 2.24) is 0 Å². The number of ether oxygens (including phenoxy) is 2. The maximum absolute atomic E-state index is 12.3. The van der Waals surface area contributed by atoms with Crippen LogP contribution in [0.4, 0.5) is 5.88 Å². The molecular formula is C22H21NO4. The van der Waals surface area contributed by atoms with Crippen LogP contribution in [-0.4, -0.2) is 26.3 Å². The fourth-order valence-electron chi connectivity index (χ4n) is 3.07. The van der Waals surface area contributed by atoms with Crippen LogP contribution in [0.15, 0.2) is 75.9 Å². The first-order valence-electron chi connectivity index (χ1n) is 9.03. The van der Waals surface area contributed by atoms with Crippen LogP contribution in [0.1, 0.15) is 5.56 Å². The SMILES string of the molecule is O=c1cc(-c2ccccc2OCc2ccccc2)oc(N2CCOCC2)c1. The Kier molecular flexibility index (Phi) is 5.21. The lowest BCUT2D eigenvalue weighted by atomic mass is 10.1. The zero-order chi connectivity index (χ0) is 18.5. The van der Waals surface area contributed by atoms with Gasteiger partial charge in [-0.05, 0) is 17.7 Å². The van der Waals surface area contributed by atoms with Crippen LogP contribution in [0.3, 0.4) is 0 Å². The smallest absolute Gasteiger partial charge is 0.200 e. The minimum absolute atomic E-state index is 0.0874. The van der Waals surface area contributed by atoms with E-state index in [0.29, 0.717) is 50.3 Å². The van der Waals surface area contributed by atoms with Crippen LogP contribution in [0.25, 0.3) is 11.3 Å². The molecule has 0 spiro atoms. The number of nitrogens with zero attached hydrogens (tertiary/aromatic N) is 1. The lowest BCUT2D eigenvalue weighted by Gasteiger charge is -2.27. The van der Waals surface area contributed by atoms with Crippen molar-refractivity contribution in [2.75, 3.05) is 31.2 Å². The molecule has 2 aromatic carbocycles. The molecule has 0 atom stereocenters.